The van der Waals surface area contributed by atoms with E-state index in [0.717, 1.165) is 0 Å². The van der Waals surface area contributed by atoms with Crippen molar-refractivity contribution in [3.05, 3.63) is 0 Å². The minimum atomic E-state index is -0.287. The molecular formula is C15H31NO5. The molecule has 0 aromatic rings. The molecule has 0 saturated heterocycles. The summed E-state index contributed by atoms with van der Waals surface area (Å²) in [5.41, 5.74) is 4.99. The van der Waals surface area contributed by atoms with Crippen molar-refractivity contribution < 1.29 is 23.7 Å². The van der Waals surface area contributed by atoms with Crippen LogP contribution >= 0.6 is 0 Å². The van der Waals surface area contributed by atoms with Crippen LogP contribution in [0.5, 0.6) is 0 Å². The molecule has 0 amide bonds. The van der Waals surface area contributed by atoms with Gasteiger partial charge in [0.15, 0.2) is 0 Å². The summed E-state index contributed by atoms with van der Waals surface area (Å²) in [6.07, 6.45) is 0.454. The molecule has 0 spiro atoms. The van der Waals surface area contributed by atoms with Crippen LogP contribution in [0.25, 0.3) is 0 Å². The topological polar surface area (TPSA) is 80.0 Å². The van der Waals surface area contributed by atoms with E-state index in [1.165, 1.54) is 0 Å². The fourth-order valence-electron chi connectivity index (χ4n) is 1.39. The standard InChI is InChI=1S/C15H31NO5/c1-15(2,3)14(17)4-6-18-8-10-20-12-13-21-11-9-19-7-5-16/h4-13,16H2,1-3H3. The second-order valence-electron chi connectivity index (χ2n) is 5.66. The van der Waals surface area contributed by atoms with Crippen molar-refractivity contribution in [2.45, 2.75) is 27.2 Å². The van der Waals surface area contributed by atoms with Crippen molar-refractivity contribution in [2.24, 2.45) is 11.1 Å². The van der Waals surface area contributed by atoms with Crippen molar-refractivity contribution >= 4 is 5.78 Å². The highest BCUT2D eigenvalue weighted by Crippen LogP contribution is 2.16. The van der Waals surface area contributed by atoms with E-state index in [1.807, 2.05) is 20.8 Å². The van der Waals surface area contributed by atoms with E-state index in [0.29, 0.717) is 65.8 Å². The Hall–Kier alpha value is -0.530. The van der Waals surface area contributed by atoms with Crippen molar-refractivity contribution in [2.75, 3.05) is 59.4 Å². The van der Waals surface area contributed by atoms with Crippen molar-refractivity contribution in [3.63, 3.8) is 0 Å². The monoisotopic (exact) mass is 305 g/mol. The van der Waals surface area contributed by atoms with Crippen LogP contribution in [0.3, 0.4) is 0 Å². The Kier molecular flexibility index (Phi) is 12.8. The van der Waals surface area contributed by atoms with Gasteiger partial charge in [-0.3, -0.25) is 4.79 Å². The predicted octanol–water partition coefficient (Wildman–Crippen LogP) is 1.02. The smallest absolute Gasteiger partial charge is 0.140 e. The zero-order chi connectivity index (χ0) is 16.0. The van der Waals surface area contributed by atoms with Crippen LogP contribution in [-0.4, -0.2) is 65.2 Å². The fourth-order valence-corrected chi connectivity index (χ4v) is 1.39. The molecule has 2 N–H and O–H groups in total. The lowest BCUT2D eigenvalue weighted by molar-refractivity contribution is -0.127. The molecule has 6 heteroatoms. The number of hydrogen-bond acceptors (Lipinski definition) is 6. The lowest BCUT2D eigenvalue weighted by atomic mass is 9.89. The van der Waals surface area contributed by atoms with Gasteiger partial charge < -0.3 is 24.7 Å². The highest BCUT2D eigenvalue weighted by Gasteiger charge is 2.20. The van der Waals surface area contributed by atoms with E-state index in [-0.39, 0.29) is 11.2 Å². The Morgan fingerprint density at radius 1 is 0.762 bits per heavy atom. The van der Waals surface area contributed by atoms with E-state index < -0.39 is 0 Å². The lowest BCUT2D eigenvalue weighted by Crippen LogP contribution is -2.22. The van der Waals surface area contributed by atoms with Crippen LogP contribution in [0.4, 0.5) is 0 Å². The Morgan fingerprint density at radius 2 is 1.14 bits per heavy atom. The number of nitrogens with two attached hydrogens (primary N) is 1. The zero-order valence-corrected chi connectivity index (χ0v) is 13.7. The van der Waals surface area contributed by atoms with Gasteiger partial charge in [0.25, 0.3) is 0 Å². The molecule has 0 aromatic heterocycles. The third-order valence-electron chi connectivity index (χ3n) is 2.69. The summed E-state index contributed by atoms with van der Waals surface area (Å²) < 4.78 is 21.2. The molecule has 0 saturated carbocycles. The van der Waals surface area contributed by atoms with Gasteiger partial charge in [-0.05, 0) is 0 Å². The van der Waals surface area contributed by atoms with E-state index in [4.69, 9.17) is 24.7 Å². The van der Waals surface area contributed by atoms with Gasteiger partial charge in [0.05, 0.1) is 52.9 Å². The van der Waals surface area contributed by atoms with Gasteiger partial charge in [0.2, 0.25) is 0 Å². The first-order valence-electron chi connectivity index (χ1n) is 7.53. The molecule has 0 aliphatic rings. The van der Waals surface area contributed by atoms with Gasteiger partial charge in [-0.2, -0.15) is 0 Å². The van der Waals surface area contributed by atoms with Crippen molar-refractivity contribution in [1.82, 2.24) is 0 Å². The van der Waals surface area contributed by atoms with E-state index in [9.17, 15) is 4.79 Å². The van der Waals surface area contributed by atoms with Crippen molar-refractivity contribution in [1.29, 1.82) is 0 Å². The molecule has 0 aliphatic heterocycles. The van der Waals surface area contributed by atoms with Crippen LogP contribution in [0, 0.1) is 5.41 Å². The molecule has 21 heavy (non-hydrogen) atoms. The third kappa shape index (κ3) is 14.2. The Bertz CT molecular complexity index is 253. The molecule has 0 rings (SSSR count). The lowest BCUT2D eigenvalue weighted by Gasteiger charge is -2.16. The van der Waals surface area contributed by atoms with E-state index in [1.54, 1.807) is 0 Å². The summed E-state index contributed by atoms with van der Waals surface area (Å²) in [6.45, 7) is 10.5. The van der Waals surface area contributed by atoms with Crippen LogP contribution in [0.2, 0.25) is 0 Å². The average molecular weight is 305 g/mol. The van der Waals surface area contributed by atoms with Gasteiger partial charge in [0, 0.05) is 18.4 Å². The molecule has 0 heterocycles. The van der Waals surface area contributed by atoms with Crippen LogP contribution in [0.15, 0.2) is 0 Å². The first-order valence-corrected chi connectivity index (χ1v) is 7.53. The minimum Gasteiger partial charge on any atom is -0.379 e. The molecule has 0 fully saturated rings. The fraction of sp³-hybridized carbons (Fsp3) is 0.933. The highest BCUT2D eigenvalue weighted by molar-refractivity contribution is 5.83. The largest absolute Gasteiger partial charge is 0.379 e. The molecule has 0 aliphatic carbocycles. The first-order chi connectivity index (χ1) is 9.98. The predicted molar refractivity (Wildman–Crippen MR) is 81.4 cm³/mol. The number of Topliss-reactive ketones (excluding diaryl/α,β-unsaturated/α-hetero) is 1. The van der Waals surface area contributed by atoms with Crippen molar-refractivity contribution in [3.8, 4) is 0 Å². The second-order valence-corrected chi connectivity index (χ2v) is 5.66. The van der Waals surface area contributed by atoms with Crippen LogP contribution < -0.4 is 5.73 Å². The highest BCUT2D eigenvalue weighted by atomic mass is 16.6. The summed E-state index contributed by atoms with van der Waals surface area (Å²) in [7, 11) is 0. The second kappa shape index (κ2) is 13.2. The summed E-state index contributed by atoms with van der Waals surface area (Å²) in [5, 5.41) is 0. The van der Waals surface area contributed by atoms with Gasteiger partial charge >= 0.3 is 0 Å². The van der Waals surface area contributed by atoms with Crippen LogP contribution in [0.1, 0.15) is 27.2 Å². The Morgan fingerprint density at radius 3 is 1.52 bits per heavy atom. The third-order valence-corrected chi connectivity index (χ3v) is 2.69. The first kappa shape index (κ1) is 20.5. The average Bonchev–Trinajstić information content (AvgIpc) is 2.42. The number of rotatable bonds is 14. The molecule has 0 unspecified atom stereocenters. The number of ketones is 1. The van der Waals surface area contributed by atoms with E-state index in [2.05, 4.69) is 0 Å². The maximum atomic E-state index is 11.6. The SMILES string of the molecule is CC(C)(C)C(=O)CCOCCOCCOCCOCCN. The molecular weight excluding hydrogens is 274 g/mol. The minimum absolute atomic E-state index is 0.216. The zero-order valence-electron chi connectivity index (χ0n) is 13.7. The number of carbonyl (C=O) groups is 1. The number of carbonyl (C=O) groups excluding carboxylic acids is 1. The molecule has 0 radical (unpaired) electrons. The van der Waals surface area contributed by atoms with Gasteiger partial charge in [0.1, 0.15) is 5.78 Å². The molecule has 0 atom stereocenters. The molecule has 0 aromatic carbocycles. The quantitative estimate of drug-likeness (QED) is 0.483. The van der Waals surface area contributed by atoms with Gasteiger partial charge in [-0.15, -0.1) is 0 Å². The van der Waals surface area contributed by atoms with E-state index >= 15 is 0 Å². The molecule has 126 valence electrons. The summed E-state index contributed by atoms with van der Waals surface area (Å²) in [4.78, 5) is 11.6. The summed E-state index contributed by atoms with van der Waals surface area (Å²) in [5.74, 6) is 0.216. The van der Waals surface area contributed by atoms with Crippen LogP contribution in [-0.2, 0) is 23.7 Å². The molecule has 6 nitrogen and oxygen atoms in total. The molecule has 0 bridgehead atoms. The Balaban J connectivity index is 3.14. The Labute approximate surface area is 128 Å². The number of hydrogen-bond donors (Lipinski definition) is 1. The maximum absolute atomic E-state index is 11.6. The number of ether oxygens (including phenoxy) is 4. The van der Waals surface area contributed by atoms with Gasteiger partial charge in [-0.25, -0.2) is 0 Å². The summed E-state index contributed by atoms with van der Waals surface area (Å²) in [6, 6.07) is 0. The summed E-state index contributed by atoms with van der Waals surface area (Å²) >= 11 is 0. The normalized spacial score (nSPS) is 11.8. The van der Waals surface area contributed by atoms with Gasteiger partial charge in [-0.1, -0.05) is 20.8 Å². The maximum Gasteiger partial charge on any atom is 0.140 e.